The van der Waals surface area contributed by atoms with Crippen LogP contribution in [0.25, 0.3) is 0 Å². The summed E-state index contributed by atoms with van der Waals surface area (Å²) < 4.78 is 4.69. The quantitative estimate of drug-likeness (QED) is 0.597. The largest absolute Gasteiger partial charge is 0.466 e. The number of Topliss-reactive ketones (excluding diaryl/α,β-unsaturated/α-hetero) is 1. The fourth-order valence-electron chi connectivity index (χ4n) is 1.64. The lowest BCUT2D eigenvalue weighted by Gasteiger charge is -2.17. The summed E-state index contributed by atoms with van der Waals surface area (Å²) in [5.41, 5.74) is 0.970. The Labute approximate surface area is 111 Å². The van der Waals surface area contributed by atoms with Gasteiger partial charge in [0.2, 0.25) is 0 Å². The first kappa shape index (κ1) is 15.3. The zero-order valence-corrected chi connectivity index (χ0v) is 11.0. The second-order valence-electron chi connectivity index (χ2n) is 4.20. The van der Waals surface area contributed by atoms with Crippen molar-refractivity contribution in [2.24, 2.45) is 0 Å². The van der Waals surface area contributed by atoms with E-state index in [1.807, 2.05) is 0 Å². The topological polar surface area (TPSA) is 83.8 Å². The molecule has 2 unspecified atom stereocenters. The predicted molar refractivity (Wildman–Crippen MR) is 68.7 cm³/mol. The van der Waals surface area contributed by atoms with Gasteiger partial charge in [-0.2, -0.15) is 0 Å². The molecule has 0 fully saturated rings. The lowest BCUT2D eigenvalue weighted by atomic mass is 10.00. The van der Waals surface area contributed by atoms with Gasteiger partial charge >= 0.3 is 5.97 Å². The van der Waals surface area contributed by atoms with E-state index in [1.165, 1.54) is 6.92 Å². The molecule has 0 spiro atoms. The first-order valence-corrected chi connectivity index (χ1v) is 6.08. The molecule has 19 heavy (non-hydrogen) atoms. The van der Waals surface area contributed by atoms with Crippen LogP contribution < -0.4 is 0 Å². The summed E-state index contributed by atoms with van der Waals surface area (Å²) in [7, 11) is 0. The van der Waals surface area contributed by atoms with Gasteiger partial charge in [-0.05, 0) is 19.4 Å². The molecule has 1 aromatic rings. The standard InChI is InChI=1S/C14H18O5/c1-3-19-13(17)8-12(16)14(18)11-6-4-10(5-7-11)9(2)15/h4-7,12,14,16,18H,3,8H2,1-2H3. The molecule has 1 rings (SSSR count). The van der Waals surface area contributed by atoms with Crippen LogP contribution in [-0.4, -0.2) is 34.7 Å². The first-order chi connectivity index (χ1) is 8.95. The van der Waals surface area contributed by atoms with Crippen LogP contribution in [0.15, 0.2) is 24.3 Å². The molecule has 0 heterocycles. The van der Waals surface area contributed by atoms with Crippen LogP contribution in [0.5, 0.6) is 0 Å². The zero-order valence-electron chi connectivity index (χ0n) is 11.0. The molecule has 0 amide bonds. The molecule has 5 heteroatoms. The lowest BCUT2D eigenvalue weighted by Crippen LogP contribution is -2.23. The predicted octanol–water partition coefficient (Wildman–Crippen LogP) is 1.24. The Bertz CT molecular complexity index is 438. The number of carbonyl (C=O) groups excluding carboxylic acids is 2. The van der Waals surface area contributed by atoms with Gasteiger partial charge in [-0.3, -0.25) is 9.59 Å². The van der Waals surface area contributed by atoms with Gasteiger partial charge in [0.15, 0.2) is 5.78 Å². The van der Waals surface area contributed by atoms with Gasteiger partial charge in [-0.15, -0.1) is 0 Å². The van der Waals surface area contributed by atoms with E-state index in [9.17, 15) is 19.8 Å². The minimum Gasteiger partial charge on any atom is -0.466 e. The van der Waals surface area contributed by atoms with Crippen molar-refractivity contribution in [1.82, 2.24) is 0 Å². The van der Waals surface area contributed by atoms with Crippen molar-refractivity contribution in [2.45, 2.75) is 32.5 Å². The van der Waals surface area contributed by atoms with Gasteiger partial charge in [-0.1, -0.05) is 24.3 Å². The number of rotatable bonds is 6. The summed E-state index contributed by atoms with van der Waals surface area (Å²) in [5, 5.41) is 19.6. The number of aliphatic hydroxyl groups is 2. The molecule has 0 aliphatic carbocycles. The Morgan fingerprint density at radius 3 is 2.26 bits per heavy atom. The van der Waals surface area contributed by atoms with Crippen LogP contribution in [0.4, 0.5) is 0 Å². The average molecular weight is 266 g/mol. The second-order valence-corrected chi connectivity index (χ2v) is 4.20. The minimum absolute atomic E-state index is 0.0758. The highest BCUT2D eigenvalue weighted by atomic mass is 16.5. The van der Waals surface area contributed by atoms with Crippen LogP contribution in [-0.2, 0) is 9.53 Å². The number of benzene rings is 1. The molecule has 0 saturated heterocycles. The number of hydrogen-bond acceptors (Lipinski definition) is 5. The maximum atomic E-state index is 11.2. The molecule has 0 aliphatic rings. The Hall–Kier alpha value is -1.72. The van der Waals surface area contributed by atoms with Crippen LogP contribution in [0.2, 0.25) is 0 Å². The third-order valence-electron chi connectivity index (χ3n) is 2.70. The number of esters is 1. The molecule has 104 valence electrons. The molecule has 2 N–H and O–H groups in total. The fraction of sp³-hybridized carbons (Fsp3) is 0.429. The number of aliphatic hydroxyl groups excluding tert-OH is 2. The molecule has 1 aromatic carbocycles. The molecule has 0 radical (unpaired) electrons. The molecule has 0 aromatic heterocycles. The van der Waals surface area contributed by atoms with E-state index >= 15 is 0 Å². The van der Waals surface area contributed by atoms with Crippen LogP contribution in [0, 0.1) is 0 Å². The van der Waals surface area contributed by atoms with E-state index in [0.717, 1.165) is 0 Å². The van der Waals surface area contributed by atoms with Crippen LogP contribution in [0.1, 0.15) is 42.3 Å². The maximum Gasteiger partial charge on any atom is 0.308 e. The van der Waals surface area contributed by atoms with Crippen molar-refractivity contribution in [3.05, 3.63) is 35.4 Å². The van der Waals surface area contributed by atoms with Crippen molar-refractivity contribution in [2.75, 3.05) is 6.61 Å². The van der Waals surface area contributed by atoms with Gasteiger partial charge in [0.05, 0.1) is 19.1 Å². The molecule has 5 nitrogen and oxygen atoms in total. The molecule has 0 saturated carbocycles. The summed E-state index contributed by atoms with van der Waals surface area (Å²) in [6, 6.07) is 6.24. The highest BCUT2D eigenvalue weighted by Gasteiger charge is 2.22. The van der Waals surface area contributed by atoms with Gasteiger partial charge in [-0.25, -0.2) is 0 Å². The summed E-state index contributed by atoms with van der Waals surface area (Å²) in [6.45, 7) is 3.34. The van der Waals surface area contributed by atoms with Gasteiger partial charge in [0, 0.05) is 5.56 Å². The van der Waals surface area contributed by atoms with E-state index in [1.54, 1.807) is 31.2 Å². The van der Waals surface area contributed by atoms with Gasteiger partial charge in [0.25, 0.3) is 0 Å². The summed E-state index contributed by atoms with van der Waals surface area (Å²) in [4.78, 5) is 22.3. The van der Waals surface area contributed by atoms with E-state index in [0.29, 0.717) is 11.1 Å². The SMILES string of the molecule is CCOC(=O)CC(O)C(O)c1ccc(C(C)=O)cc1. The van der Waals surface area contributed by atoms with Crippen molar-refractivity contribution in [3.63, 3.8) is 0 Å². The highest BCUT2D eigenvalue weighted by Crippen LogP contribution is 2.20. The van der Waals surface area contributed by atoms with Gasteiger partial charge < -0.3 is 14.9 Å². The van der Waals surface area contributed by atoms with Crippen molar-refractivity contribution < 1.29 is 24.5 Å². The van der Waals surface area contributed by atoms with E-state index in [4.69, 9.17) is 4.74 Å². The molecular formula is C14H18O5. The normalized spacial score (nSPS) is 13.7. The third kappa shape index (κ3) is 4.46. The average Bonchev–Trinajstić information content (AvgIpc) is 2.38. The van der Waals surface area contributed by atoms with E-state index in [2.05, 4.69) is 0 Å². The van der Waals surface area contributed by atoms with E-state index < -0.39 is 18.2 Å². The van der Waals surface area contributed by atoms with Crippen molar-refractivity contribution in [3.8, 4) is 0 Å². The van der Waals surface area contributed by atoms with Gasteiger partial charge in [0.1, 0.15) is 6.10 Å². The highest BCUT2D eigenvalue weighted by molar-refractivity contribution is 5.94. The zero-order chi connectivity index (χ0) is 14.4. The molecule has 2 atom stereocenters. The summed E-state index contributed by atoms with van der Waals surface area (Å²) in [5.74, 6) is -0.637. The minimum atomic E-state index is -1.23. The Morgan fingerprint density at radius 2 is 1.79 bits per heavy atom. The Balaban J connectivity index is 2.68. The maximum absolute atomic E-state index is 11.2. The summed E-state index contributed by atoms with van der Waals surface area (Å²) >= 11 is 0. The van der Waals surface area contributed by atoms with Crippen LogP contribution >= 0.6 is 0 Å². The van der Waals surface area contributed by atoms with E-state index in [-0.39, 0.29) is 18.8 Å². The third-order valence-corrected chi connectivity index (χ3v) is 2.70. The second kappa shape index (κ2) is 7.01. The Morgan fingerprint density at radius 1 is 1.21 bits per heavy atom. The summed E-state index contributed by atoms with van der Waals surface area (Å²) in [6.07, 6.45) is -2.70. The van der Waals surface area contributed by atoms with Crippen molar-refractivity contribution in [1.29, 1.82) is 0 Å². The smallest absolute Gasteiger partial charge is 0.308 e. The monoisotopic (exact) mass is 266 g/mol. The van der Waals surface area contributed by atoms with Crippen LogP contribution in [0.3, 0.4) is 0 Å². The molecule has 0 aliphatic heterocycles. The van der Waals surface area contributed by atoms with Crippen molar-refractivity contribution >= 4 is 11.8 Å². The Kier molecular flexibility index (Phi) is 5.66. The lowest BCUT2D eigenvalue weighted by molar-refractivity contribution is -0.147. The fourth-order valence-corrected chi connectivity index (χ4v) is 1.64. The number of ketones is 1. The molecule has 0 bridgehead atoms. The number of hydrogen-bond donors (Lipinski definition) is 2. The number of ether oxygens (including phenoxy) is 1. The molecular weight excluding hydrogens is 248 g/mol. The first-order valence-electron chi connectivity index (χ1n) is 6.08. The number of carbonyl (C=O) groups is 2.